The fraction of sp³-hybridized carbons (Fsp3) is 1.00. The van der Waals surface area contributed by atoms with E-state index in [2.05, 4.69) is 18.7 Å². The maximum atomic E-state index is 11.9. The molecule has 1 fully saturated rings. The molecule has 2 unspecified atom stereocenters. The Balaban J connectivity index is 3.01. The second-order valence-corrected chi connectivity index (χ2v) is 8.02. The van der Waals surface area contributed by atoms with Crippen molar-refractivity contribution in [3.8, 4) is 0 Å². The van der Waals surface area contributed by atoms with E-state index in [9.17, 15) is 8.42 Å². The zero-order valence-electron chi connectivity index (χ0n) is 11.4. The van der Waals surface area contributed by atoms with Crippen molar-refractivity contribution < 1.29 is 8.42 Å². The van der Waals surface area contributed by atoms with Crippen molar-refractivity contribution in [3.63, 3.8) is 0 Å². The van der Waals surface area contributed by atoms with Crippen LogP contribution in [0.15, 0.2) is 0 Å². The van der Waals surface area contributed by atoms with Crippen LogP contribution < -0.4 is 5.73 Å². The first-order valence-corrected chi connectivity index (χ1v) is 8.29. The fourth-order valence-electron chi connectivity index (χ4n) is 3.19. The van der Waals surface area contributed by atoms with Crippen LogP contribution in [0.1, 0.15) is 33.1 Å². The predicted octanol–water partition coefficient (Wildman–Crippen LogP) is 0.869. The minimum Gasteiger partial charge on any atom is -0.329 e. The molecule has 1 rings (SSSR count). The Morgan fingerprint density at radius 1 is 1.47 bits per heavy atom. The Morgan fingerprint density at radius 3 is 2.47 bits per heavy atom. The van der Waals surface area contributed by atoms with E-state index in [1.54, 1.807) is 0 Å². The number of hydrogen-bond donors (Lipinski definition) is 1. The molecule has 0 aromatic rings. The molecule has 0 amide bonds. The zero-order valence-corrected chi connectivity index (χ0v) is 12.3. The maximum Gasteiger partial charge on any atom is 0.152 e. The number of hydrogen-bond acceptors (Lipinski definition) is 4. The Labute approximate surface area is 105 Å². The van der Waals surface area contributed by atoms with Crippen LogP contribution in [-0.2, 0) is 9.84 Å². The summed E-state index contributed by atoms with van der Waals surface area (Å²) in [5, 5.41) is -0.302. The molecular formula is C12H26N2O2S. The van der Waals surface area contributed by atoms with Gasteiger partial charge in [-0.2, -0.15) is 0 Å². The summed E-state index contributed by atoms with van der Waals surface area (Å²) in [4.78, 5) is 2.18. The molecule has 0 radical (unpaired) electrons. The molecule has 2 N–H and O–H groups in total. The lowest BCUT2D eigenvalue weighted by Gasteiger charge is -2.42. The quantitative estimate of drug-likeness (QED) is 0.798. The van der Waals surface area contributed by atoms with E-state index in [1.165, 1.54) is 6.26 Å². The van der Waals surface area contributed by atoms with Crippen molar-refractivity contribution in [2.75, 3.05) is 26.4 Å². The summed E-state index contributed by atoms with van der Waals surface area (Å²) in [7, 11) is -1.01. The molecule has 1 saturated carbocycles. The summed E-state index contributed by atoms with van der Waals surface area (Å²) in [5.41, 5.74) is 5.58. The van der Waals surface area contributed by atoms with Crippen LogP contribution >= 0.6 is 0 Å². The normalized spacial score (nSPS) is 30.4. The minimum absolute atomic E-state index is 0.302. The fourth-order valence-corrected chi connectivity index (χ4v) is 4.98. The first kappa shape index (κ1) is 14.9. The average molecular weight is 262 g/mol. The van der Waals surface area contributed by atoms with Crippen LogP contribution in [0.4, 0.5) is 0 Å². The van der Waals surface area contributed by atoms with E-state index < -0.39 is 9.84 Å². The molecule has 1 aliphatic rings. The van der Waals surface area contributed by atoms with Crippen molar-refractivity contribution in [2.45, 2.75) is 43.9 Å². The predicted molar refractivity (Wildman–Crippen MR) is 71.7 cm³/mol. The van der Waals surface area contributed by atoms with Crippen molar-refractivity contribution in [3.05, 3.63) is 0 Å². The Bertz CT molecular complexity index is 354. The Hall–Kier alpha value is -0.130. The van der Waals surface area contributed by atoms with Crippen molar-refractivity contribution in [1.82, 2.24) is 4.90 Å². The maximum absolute atomic E-state index is 11.9. The van der Waals surface area contributed by atoms with E-state index in [1.807, 2.05) is 7.05 Å². The van der Waals surface area contributed by atoms with Gasteiger partial charge in [0.25, 0.3) is 0 Å². The molecule has 2 atom stereocenters. The Morgan fingerprint density at radius 2 is 2.06 bits per heavy atom. The molecular weight excluding hydrogens is 236 g/mol. The van der Waals surface area contributed by atoms with E-state index in [-0.39, 0.29) is 10.8 Å². The van der Waals surface area contributed by atoms with Gasteiger partial charge in [-0.25, -0.2) is 8.42 Å². The summed E-state index contributed by atoms with van der Waals surface area (Å²) in [6, 6.07) is 0. The minimum atomic E-state index is -3.02. The van der Waals surface area contributed by atoms with Gasteiger partial charge in [0, 0.05) is 24.9 Å². The van der Waals surface area contributed by atoms with E-state index in [0.717, 1.165) is 25.8 Å². The first-order chi connectivity index (χ1) is 7.74. The monoisotopic (exact) mass is 262 g/mol. The third-order valence-corrected chi connectivity index (χ3v) is 5.65. The summed E-state index contributed by atoms with van der Waals surface area (Å²) in [6.07, 6.45) is 3.94. The van der Waals surface area contributed by atoms with E-state index in [4.69, 9.17) is 5.73 Å². The summed E-state index contributed by atoms with van der Waals surface area (Å²) < 4.78 is 23.8. The number of nitrogens with two attached hydrogens (primary N) is 1. The molecule has 0 spiro atoms. The van der Waals surface area contributed by atoms with Crippen LogP contribution in [-0.4, -0.2) is 50.5 Å². The third-order valence-electron chi connectivity index (χ3n) is 3.94. The van der Waals surface area contributed by atoms with Crippen LogP contribution in [0.25, 0.3) is 0 Å². The lowest BCUT2D eigenvalue weighted by Crippen LogP contribution is -2.59. The van der Waals surface area contributed by atoms with Crippen LogP contribution in [0.5, 0.6) is 0 Å². The summed E-state index contributed by atoms with van der Waals surface area (Å²) in [6.45, 7) is 5.60. The number of likely N-dealkylation sites (N-methyl/N-ethyl adjacent to an activating group) is 1. The lowest BCUT2D eigenvalue weighted by atomic mass is 9.94. The molecule has 0 aromatic heterocycles. The van der Waals surface area contributed by atoms with E-state index >= 15 is 0 Å². The smallest absolute Gasteiger partial charge is 0.152 e. The number of sulfone groups is 1. The van der Waals surface area contributed by atoms with Gasteiger partial charge in [-0.05, 0) is 25.8 Å². The summed E-state index contributed by atoms with van der Waals surface area (Å²) >= 11 is 0. The SMILES string of the molecule is CC(C)CN(C)C1(CN)CCCC1S(C)(=O)=O. The van der Waals surface area contributed by atoms with Crippen LogP contribution in [0, 0.1) is 5.92 Å². The van der Waals surface area contributed by atoms with Gasteiger partial charge < -0.3 is 5.73 Å². The molecule has 0 aliphatic heterocycles. The van der Waals surface area contributed by atoms with Gasteiger partial charge in [0.05, 0.1) is 5.25 Å². The second kappa shape index (κ2) is 5.24. The molecule has 5 heteroatoms. The van der Waals surface area contributed by atoms with Gasteiger partial charge in [-0.3, -0.25) is 4.90 Å². The standard InChI is InChI=1S/C12H26N2O2S/c1-10(2)8-14(3)12(9-13)7-5-6-11(12)17(4,15)16/h10-11H,5-9,13H2,1-4H3. The highest BCUT2D eigenvalue weighted by Crippen LogP contribution is 2.38. The molecule has 0 heterocycles. The van der Waals surface area contributed by atoms with Gasteiger partial charge in [-0.15, -0.1) is 0 Å². The molecule has 4 nitrogen and oxygen atoms in total. The number of rotatable bonds is 5. The van der Waals surface area contributed by atoms with E-state index in [0.29, 0.717) is 12.5 Å². The topological polar surface area (TPSA) is 63.4 Å². The lowest BCUT2D eigenvalue weighted by molar-refractivity contribution is 0.119. The van der Waals surface area contributed by atoms with Crippen molar-refractivity contribution >= 4 is 9.84 Å². The van der Waals surface area contributed by atoms with Crippen LogP contribution in [0.2, 0.25) is 0 Å². The highest BCUT2D eigenvalue weighted by Gasteiger charge is 2.49. The van der Waals surface area contributed by atoms with Gasteiger partial charge in [0.1, 0.15) is 0 Å². The van der Waals surface area contributed by atoms with Crippen molar-refractivity contribution in [2.24, 2.45) is 11.7 Å². The van der Waals surface area contributed by atoms with Gasteiger partial charge in [0.15, 0.2) is 9.84 Å². The van der Waals surface area contributed by atoms with Gasteiger partial charge in [-0.1, -0.05) is 20.3 Å². The highest BCUT2D eigenvalue weighted by atomic mass is 32.2. The molecule has 17 heavy (non-hydrogen) atoms. The third kappa shape index (κ3) is 3.01. The largest absolute Gasteiger partial charge is 0.329 e. The van der Waals surface area contributed by atoms with Crippen molar-refractivity contribution in [1.29, 1.82) is 0 Å². The Kier molecular flexibility index (Phi) is 4.60. The highest BCUT2D eigenvalue weighted by molar-refractivity contribution is 7.91. The summed E-state index contributed by atoms with van der Waals surface area (Å²) in [5.74, 6) is 0.518. The van der Waals surface area contributed by atoms with Gasteiger partial charge >= 0.3 is 0 Å². The molecule has 102 valence electrons. The average Bonchev–Trinajstić information content (AvgIpc) is 2.60. The zero-order chi connectivity index (χ0) is 13.3. The first-order valence-electron chi connectivity index (χ1n) is 6.34. The molecule has 0 aromatic carbocycles. The number of nitrogens with zero attached hydrogens (tertiary/aromatic N) is 1. The molecule has 0 saturated heterocycles. The molecule has 0 bridgehead atoms. The molecule has 1 aliphatic carbocycles. The van der Waals surface area contributed by atoms with Gasteiger partial charge in [0.2, 0.25) is 0 Å². The second-order valence-electron chi connectivity index (χ2n) is 5.79. The van der Waals surface area contributed by atoms with Crippen LogP contribution in [0.3, 0.4) is 0 Å².